The summed E-state index contributed by atoms with van der Waals surface area (Å²) in [7, 11) is 4.14. The number of para-hydroxylation sites is 1. The van der Waals surface area contributed by atoms with E-state index in [1.807, 2.05) is 48.5 Å². The molecule has 226 valence electrons. The van der Waals surface area contributed by atoms with Crippen LogP contribution in [0.5, 0.6) is 0 Å². The maximum absolute atomic E-state index is 12.5. The number of rotatable bonds is 10. The van der Waals surface area contributed by atoms with Crippen molar-refractivity contribution in [2.75, 3.05) is 27.2 Å². The maximum Gasteiger partial charge on any atom is 0.335 e. The Kier molecular flexibility index (Phi) is 11.6. The molecule has 6 N–H and O–H groups in total. The van der Waals surface area contributed by atoms with Crippen molar-refractivity contribution in [1.82, 2.24) is 9.88 Å². The molecule has 0 saturated heterocycles. The van der Waals surface area contributed by atoms with E-state index in [1.54, 1.807) is 0 Å². The van der Waals surface area contributed by atoms with Gasteiger partial charge in [-0.25, -0.2) is 9.59 Å². The van der Waals surface area contributed by atoms with E-state index in [0.29, 0.717) is 17.1 Å². The molecule has 0 fully saturated rings. The zero-order valence-corrected chi connectivity index (χ0v) is 24.7. The summed E-state index contributed by atoms with van der Waals surface area (Å²) in [5.41, 5.74) is 7.26. The van der Waals surface area contributed by atoms with Gasteiger partial charge in [0.1, 0.15) is 0 Å². The summed E-state index contributed by atoms with van der Waals surface area (Å²) >= 11 is 6.13. The molecule has 1 amide bonds. The van der Waals surface area contributed by atoms with E-state index in [-0.39, 0.29) is 5.91 Å². The average molecular weight is 609 g/mol. The molecule has 10 nitrogen and oxygen atoms in total. The molecule has 0 aliphatic heterocycles. The fraction of sp³-hybridized carbons (Fsp3) is 0.219. The number of hydrogen-bond donors (Lipinski definition) is 6. The number of nitrogens with one attached hydrogen (secondary N) is 2. The van der Waals surface area contributed by atoms with E-state index in [1.165, 1.54) is 10.5 Å². The highest BCUT2D eigenvalue weighted by atomic mass is 35.5. The lowest BCUT2D eigenvalue weighted by Gasteiger charge is -2.17. The number of halogens is 1. The summed E-state index contributed by atoms with van der Waals surface area (Å²) in [6, 6.07) is 28.3. The Morgan fingerprint density at radius 2 is 1.28 bits per heavy atom. The van der Waals surface area contributed by atoms with Crippen LogP contribution in [0, 0.1) is 6.92 Å². The molecule has 0 spiro atoms. The molecular weight excluding hydrogens is 574 g/mol. The minimum atomic E-state index is -2.27. The molecular formula is C32H35ClN3O7+. The van der Waals surface area contributed by atoms with Crippen molar-refractivity contribution in [3.8, 4) is 28.2 Å². The Morgan fingerprint density at radius 3 is 1.74 bits per heavy atom. The van der Waals surface area contributed by atoms with Gasteiger partial charge in [-0.1, -0.05) is 54.1 Å². The SMILES string of the molecule is Cc1ccccc1-n1c(-c2ccc(Cl)cc2)ccc1-c1ccc(C(=O)NCC[NH+](C)C)cc1.O=C(O)[C@H](O)[C@@H](O)C(=O)O. The fourth-order valence-electron chi connectivity index (χ4n) is 4.17. The third-order valence-corrected chi connectivity index (χ3v) is 6.79. The number of quaternary nitrogens is 1. The Labute approximate surface area is 254 Å². The van der Waals surface area contributed by atoms with Gasteiger partial charge in [-0.3, -0.25) is 4.79 Å². The maximum atomic E-state index is 12.5. The summed E-state index contributed by atoms with van der Waals surface area (Å²) in [4.78, 5) is 33.3. The van der Waals surface area contributed by atoms with Gasteiger partial charge in [-0.2, -0.15) is 0 Å². The molecule has 1 heterocycles. The molecule has 0 saturated carbocycles. The molecule has 4 rings (SSSR count). The van der Waals surface area contributed by atoms with E-state index < -0.39 is 24.1 Å². The van der Waals surface area contributed by atoms with Crippen molar-refractivity contribution >= 4 is 29.4 Å². The number of carbonyl (C=O) groups excluding carboxylic acids is 1. The molecule has 3 aromatic carbocycles. The van der Waals surface area contributed by atoms with Crippen LogP contribution in [0.25, 0.3) is 28.2 Å². The summed E-state index contributed by atoms with van der Waals surface area (Å²) < 4.78 is 2.27. The van der Waals surface area contributed by atoms with Crippen molar-refractivity contribution in [1.29, 1.82) is 0 Å². The number of aliphatic hydroxyl groups excluding tert-OH is 2. The first-order valence-electron chi connectivity index (χ1n) is 13.4. The highest BCUT2D eigenvalue weighted by Gasteiger charge is 2.29. The second-order valence-electron chi connectivity index (χ2n) is 10.1. The van der Waals surface area contributed by atoms with Gasteiger partial charge in [0.2, 0.25) is 0 Å². The third-order valence-electron chi connectivity index (χ3n) is 6.54. The van der Waals surface area contributed by atoms with Crippen molar-refractivity contribution in [2.24, 2.45) is 0 Å². The van der Waals surface area contributed by atoms with E-state index in [2.05, 4.69) is 67.3 Å². The number of aromatic nitrogens is 1. The van der Waals surface area contributed by atoms with Crippen LogP contribution in [0.3, 0.4) is 0 Å². The first kappa shape index (κ1) is 33.0. The molecule has 11 heteroatoms. The number of aliphatic hydroxyl groups is 2. The van der Waals surface area contributed by atoms with Gasteiger partial charge in [0, 0.05) is 16.3 Å². The lowest BCUT2D eigenvalue weighted by molar-refractivity contribution is -0.856. The smallest absolute Gasteiger partial charge is 0.335 e. The number of aryl methyl sites for hydroxylation is 1. The number of carbonyl (C=O) groups is 3. The Hall–Kier alpha value is -4.48. The topological polar surface area (TPSA) is 154 Å². The van der Waals surface area contributed by atoms with Crippen LogP contribution in [0.1, 0.15) is 15.9 Å². The number of benzene rings is 3. The molecule has 0 aliphatic rings. The van der Waals surface area contributed by atoms with Gasteiger partial charge < -0.3 is 35.2 Å². The van der Waals surface area contributed by atoms with E-state index in [0.717, 1.165) is 34.7 Å². The standard InChI is InChI=1S/C28H28ClN3O.C4H6O6/c1-20-6-4-5-7-25(20)32-26(16-17-27(32)22-12-14-24(29)15-13-22)21-8-10-23(11-9-21)28(33)30-18-19-31(2)3;5-1(3(7)8)2(6)4(9)10/h4-17H,18-19H2,1-3H3,(H,30,33);1-2,5-6H,(H,7,8)(H,9,10)/p+1/t;1-,2-/m.1/s1. The second kappa shape index (κ2) is 15.1. The molecule has 0 aliphatic carbocycles. The van der Waals surface area contributed by atoms with E-state index >= 15 is 0 Å². The summed E-state index contributed by atoms with van der Waals surface area (Å²) in [5, 5.41) is 36.2. The third kappa shape index (κ3) is 8.76. The fourth-order valence-corrected chi connectivity index (χ4v) is 4.30. The molecule has 0 radical (unpaired) electrons. The number of likely N-dealkylation sites (N-methyl/N-ethyl adjacent to an activating group) is 1. The number of amides is 1. The van der Waals surface area contributed by atoms with Gasteiger partial charge in [0.15, 0.2) is 12.2 Å². The number of carboxylic acids is 2. The van der Waals surface area contributed by atoms with Gasteiger partial charge in [0.05, 0.1) is 38.6 Å². The predicted octanol–water partition coefficient (Wildman–Crippen LogP) is 2.52. The van der Waals surface area contributed by atoms with E-state index in [4.69, 9.17) is 32.0 Å². The zero-order valence-electron chi connectivity index (χ0n) is 24.0. The summed E-state index contributed by atoms with van der Waals surface area (Å²) in [6.45, 7) is 3.67. The highest BCUT2D eigenvalue weighted by molar-refractivity contribution is 6.30. The number of nitrogens with zero attached hydrogens (tertiary/aromatic N) is 1. The predicted molar refractivity (Wildman–Crippen MR) is 164 cm³/mol. The second-order valence-corrected chi connectivity index (χ2v) is 10.5. The Morgan fingerprint density at radius 1 is 0.791 bits per heavy atom. The number of hydrogen-bond acceptors (Lipinski definition) is 5. The Bertz CT molecular complexity index is 1530. The van der Waals surface area contributed by atoms with Crippen molar-refractivity contribution in [3.05, 3.63) is 101 Å². The zero-order chi connectivity index (χ0) is 31.7. The van der Waals surface area contributed by atoms with Crippen LogP contribution in [0.2, 0.25) is 5.02 Å². The number of carboxylic acid groups (broad SMARTS) is 2. The molecule has 43 heavy (non-hydrogen) atoms. The molecule has 0 bridgehead atoms. The quantitative estimate of drug-likeness (QED) is 0.162. The highest BCUT2D eigenvalue weighted by Crippen LogP contribution is 2.34. The van der Waals surface area contributed by atoms with Gasteiger partial charge in [0.25, 0.3) is 5.91 Å². The molecule has 1 aromatic heterocycles. The average Bonchev–Trinajstić information content (AvgIpc) is 3.42. The molecule has 2 atom stereocenters. The normalized spacial score (nSPS) is 12.2. The molecule has 4 aromatic rings. The van der Waals surface area contributed by atoms with Crippen LogP contribution in [-0.2, 0) is 9.59 Å². The first-order chi connectivity index (χ1) is 20.4. The van der Waals surface area contributed by atoms with Crippen LogP contribution in [0.15, 0.2) is 84.9 Å². The summed E-state index contributed by atoms with van der Waals surface area (Å²) in [5.74, 6) is -3.58. The monoisotopic (exact) mass is 608 g/mol. The molecule has 0 unspecified atom stereocenters. The van der Waals surface area contributed by atoms with E-state index in [9.17, 15) is 14.4 Å². The van der Waals surface area contributed by atoms with Gasteiger partial charge >= 0.3 is 11.9 Å². The van der Waals surface area contributed by atoms with Crippen LogP contribution in [0.4, 0.5) is 0 Å². The Balaban J connectivity index is 0.000000436. The first-order valence-corrected chi connectivity index (χ1v) is 13.8. The van der Waals surface area contributed by atoms with Crippen molar-refractivity contribution < 1.29 is 39.7 Å². The minimum absolute atomic E-state index is 0.0426. The van der Waals surface area contributed by atoms with Gasteiger partial charge in [-0.15, -0.1) is 0 Å². The largest absolute Gasteiger partial charge is 0.479 e. The van der Waals surface area contributed by atoms with Gasteiger partial charge in [-0.05, 0) is 66.1 Å². The van der Waals surface area contributed by atoms with Crippen molar-refractivity contribution in [2.45, 2.75) is 19.1 Å². The lowest BCUT2D eigenvalue weighted by Crippen LogP contribution is -3.06. The van der Waals surface area contributed by atoms with Crippen molar-refractivity contribution in [3.63, 3.8) is 0 Å². The number of aliphatic carboxylic acids is 2. The van der Waals surface area contributed by atoms with Crippen LogP contribution in [-0.4, -0.2) is 82.2 Å². The van der Waals surface area contributed by atoms with Crippen LogP contribution >= 0.6 is 11.6 Å². The minimum Gasteiger partial charge on any atom is -0.479 e. The summed E-state index contributed by atoms with van der Waals surface area (Å²) in [6.07, 6.45) is -4.53. The van der Waals surface area contributed by atoms with Crippen LogP contribution < -0.4 is 10.2 Å². The lowest BCUT2D eigenvalue weighted by atomic mass is 10.1.